The molecule has 3 aromatic rings. The summed E-state index contributed by atoms with van der Waals surface area (Å²) in [6, 6.07) is 5.11. The second-order valence-corrected chi connectivity index (χ2v) is 4.82. The number of halogens is 3. The molecule has 5 nitrogen and oxygen atoms in total. The Bertz CT molecular complexity index is 877. The van der Waals surface area contributed by atoms with Crippen molar-refractivity contribution in [2.45, 2.75) is 6.18 Å². The number of aromatic amines is 1. The average Bonchev–Trinajstić information content (AvgIpc) is 3.03. The summed E-state index contributed by atoms with van der Waals surface area (Å²) in [6.45, 7) is 0. The number of aryl methyl sites for hydroxylation is 1. The highest BCUT2D eigenvalue weighted by molar-refractivity contribution is 5.99. The Morgan fingerprint density at radius 1 is 1.36 bits per heavy atom. The van der Waals surface area contributed by atoms with E-state index in [1.807, 2.05) is 0 Å². The maximum atomic E-state index is 13.2. The van der Waals surface area contributed by atoms with Crippen molar-refractivity contribution in [3.05, 3.63) is 41.7 Å². The Morgan fingerprint density at radius 2 is 2.09 bits per heavy atom. The Morgan fingerprint density at radius 3 is 2.68 bits per heavy atom. The molecule has 0 aliphatic heterocycles. The fourth-order valence-corrected chi connectivity index (χ4v) is 2.44. The van der Waals surface area contributed by atoms with E-state index >= 15 is 0 Å². The number of fused-ring (bicyclic) bond motifs is 1. The van der Waals surface area contributed by atoms with Crippen LogP contribution >= 0.6 is 0 Å². The Labute approximate surface area is 122 Å². The number of carboxylic acid groups (broad SMARTS) is 1. The van der Waals surface area contributed by atoms with Crippen molar-refractivity contribution in [3.63, 3.8) is 0 Å². The minimum atomic E-state index is -4.51. The molecule has 2 N–H and O–H groups in total. The normalized spacial score (nSPS) is 12.0. The molecule has 1 aromatic carbocycles. The smallest absolute Gasteiger partial charge is 0.417 e. The minimum absolute atomic E-state index is 0.000869. The summed E-state index contributed by atoms with van der Waals surface area (Å²) in [5, 5.41) is 15.0. The van der Waals surface area contributed by atoms with Crippen molar-refractivity contribution in [1.29, 1.82) is 0 Å². The van der Waals surface area contributed by atoms with Crippen LogP contribution < -0.4 is 0 Å². The molecule has 0 fully saturated rings. The molecule has 2 heterocycles. The molecular weight excluding hydrogens is 299 g/mol. The van der Waals surface area contributed by atoms with E-state index in [4.69, 9.17) is 5.11 Å². The van der Waals surface area contributed by atoms with Crippen LogP contribution in [0.3, 0.4) is 0 Å². The van der Waals surface area contributed by atoms with Gasteiger partial charge in [0.2, 0.25) is 0 Å². The first-order valence-corrected chi connectivity index (χ1v) is 6.23. The zero-order valence-electron chi connectivity index (χ0n) is 11.3. The van der Waals surface area contributed by atoms with Crippen LogP contribution in [0, 0.1) is 0 Å². The number of nitrogens with zero attached hydrogens (tertiary/aromatic N) is 2. The number of nitrogens with one attached hydrogen (secondary N) is 1. The zero-order chi connectivity index (χ0) is 16.1. The first kappa shape index (κ1) is 14.2. The van der Waals surface area contributed by atoms with E-state index in [0.29, 0.717) is 5.52 Å². The lowest BCUT2D eigenvalue weighted by Crippen LogP contribution is -2.05. The number of H-pyrrole nitrogens is 1. The molecule has 0 bridgehead atoms. The monoisotopic (exact) mass is 309 g/mol. The van der Waals surface area contributed by atoms with Gasteiger partial charge in [0.25, 0.3) is 0 Å². The summed E-state index contributed by atoms with van der Waals surface area (Å²) >= 11 is 0. The van der Waals surface area contributed by atoms with Crippen LogP contribution in [0.1, 0.15) is 16.1 Å². The number of carbonyl (C=O) groups is 1. The molecule has 0 spiro atoms. The molecule has 0 atom stereocenters. The highest BCUT2D eigenvalue weighted by atomic mass is 19.4. The highest BCUT2D eigenvalue weighted by Crippen LogP contribution is 2.40. The maximum Gasteiger partial charge on any atom is 0.417 e. The third-order valence-corrected chi connectivity index (χ3v) is 3.40. The number of alkyl halides is 3. The summed E-state index contributed by atoms with van der Waals surface area (Å²) in [5.41, 5.74) is -0.185. The zero-order valence-corrected chi connectivity index (χ0v) is 11.3. The number of aromatic carboxylic acids is 1. The predicted octanol–water partition coefficient (Wildman–Crippen LogP) is 3.29. The van der Waals surface area contributed by atoms with Crippen LogP contribution in [0.15, 0.2) is 30.5 Å². The number of benzene rings is 1. The van der Waals surface area contributed by atoms with Crippen LogP contribution in [-0.4, -0.2) is 25.8 Å². The van der Waals surface area contributed by atoms with Gasteiger partial charge >= 0.3 is 12.1 Å². The highest BCUT2D eigenvalue weighted by Gasteiger charge is 2.34. The van der Waals surface area contributed by atoms with E-state index in [-0.39, 0.29) is 22.3 Å². The first-order valence-electron chi connectivity index (χ1n) is 6.23. The van der Waals surface area contributed by atoms with Crippen LogP contribution in [0.5, 0.6) is 0 Å². The Balaban J connectivity index is 2.32. The third-order valence-electron chi connectivity index (χ3n) is 3.40. The van der Waals surface area contributed by atoms with E-state index in [9.17, 15) is 18.0 Å². The van der Waals surface area contributed by atoms with Crippen LogP contribution in [-0.2, 0) is 13.2 Å². The molecule has 0 saturated carbocycles. The number of hydrogen-bond donors (Lipinski definition) is 2. The van der Waals surface area contributed by atoms with Gasteiger partial charge in [0.15, 0.2) is 0 Å². The van der Waals surface area contributed by atoms with Gasteiger partial charge in [-0.05, 0) is 18.2 Å². The van der Waals surface area contributed by atoms with Gasteiger partial charge in [-0.3, -0.25) is 5.10 Å². The fourth-order valence-electron chi connectivity index (χ4n) is 2.44. The fraction of sp³-hybridized carbons (Fsp3) is 0.143. The lowest BCUT2D eigenvalue weighted by atomic mass is 10.0. The molecular formula is C14H10F3N3O2. The third kappa shape index (κ3) is 2.12. The summed E-state index contributed by atoms with van der Waals surface area (Å²) in [6.07, 6.45) is -3.01. The largest absolute Gasteiger partial charge is 0.477 e. The first-order chi connectivity index (χ1) is 10.3. The lowest BCUT2D eigenvalue weighted by molar-refractivity contribution is -0.136. The van der Waals surface area contributed by atoms with Gasteiger partial charge in [-0.2, -0.15) is 18.3 Å². The number of carboxylic acids is 1. The van der Waals surface area contributed by atoms with Crippen molar-refractivity contribution >= 4 is 16.9 Å². The second-order valence-electron chi connectivity index (χ2n) is 4.82. The predicted molar refractivity (Wildman–Crippen MR) is 72.5 cm³/mol. The molecule has 3 rings (SSSR count). The van der Waals surface area contributed by atoms with Crippen molar-refractivity contribution in [3.8, 4) is 11.3 Å². The average molecular weight is 309 g/mol. The minimum Gasteiger partial charge on any atom is -0.477 e. The van der Waals surface area contributed by atoms with Gasteiger partial charge in [0.1, 0.15) is 5.69 Å². The molecule has 0 aliphatic rings. The van der Waals surface area contributed by atoms with Crippen LogP contribution in [0.4, 0.5) is 13.2 Å². The van der Waals surface area contributed by atoms with Gasteiger partial charge in [-0.15, -0.1) is 0 Å². The van der Waals surface area contributed by atoms with Crippen molar-refractivity contribution in [2.75, 3.05) is 0 Å². The molecule has 0 unspecified atom stereocenters. The van der Waals surface area contributed by atoms with E-state index in [0.717, 1.165) is 6.07 Å². The molecule has 0 amide bonds. The van der Waals surface area contributed by atoms with Gasteiger partial charge in [0, 0.05) is 29.7 Å². The van der Waals surface area contributed by atoms with Gasteiger partial charge in [-0.25, -0.2) is 4.79 Å². The van der Waals surface area contributed by atoms with E-state index in [1.165, 1.54) is 18.3 Å². The summed E-state index contributed by atoms with van der Waals surface area (Å²) < 4.78 is 41.2. The number of hydrogen-bond acceptors (Lipinski definition) is 2. The van der Waals surface area contributed by atoms with Crippen LogP contribution in [0.2, 0.25) is 0 Å². The van der Waals surface area contributed by atoms with Crippen LogP contribution in [0.25, 0.3) is 22.2 Å². The Hall–Kier alpha value is -2.77. The lowest BCUT2D eigenvalue weighted by Gasteiger charge is -2.09. The maximum absolute atomic E-state index is 13.2. The standard InChI is InChI=1S/C14H10F3N3O2/c1-20-6-7(9-5-10(13(21)22)19-18-9)12-8(14(15,16)17)3-2-4-11(12)20/h2-6H,1H3,(H,18,19)(H,21,22). The number of rotatable bonds is 2. The van der Waals surface area contributed by atoms with Crippen molar-refractivity contribution in [2.24, 2.45) is 7.05 Å². The molecule has 0 aliphatic carbocycles. The molecule has 22 heavy (non-hydrogen) atoms. The molecule has 2 aromatic heterocycles. The molecule has 8 heteroatoms. The van der Waals surface area contributed by atoms with Gasteiger partial charge < -0.3 is 9.67 Å². The number of aromatic nitrogens is 3. The van der Waals surface area contributed by atoms with E-state index in [2.05, 4.69) is 10.2 Å². The Kier molecular flexibility index (Phi) is 2.98. The SMILES string of the molecule is Cn1cc(-c2cc(C(=O)O)[nH]n2)c2c(C(F)(F)F)cccc21. The van der Waals surface area contributed by atoms with Gasteiger partial charge in [-0.1, -0.05) is 6.07 Å². The molecule has 0 saturated heterocycles. The summed E-state index contributed by atoms with van der Waals surface area (Å²) in [7, 11) is 1.62. The quantitative estimate of drug-likeness (QED) is 0.763. The topological polar surface area (TPSA) is 70.9 Å². The van der Waals surface area contributed by atoms with E-state index < -0.39 is 17.7 Å². The summed E-state index contributed by atoms with van der Waals surface area (Å²) in [4.78, 5) is 10.9. The second kappa shape index (κ2) is 4.62. The van der Waals surface area contributed by atoms with E-state index in [1.54, 1.807) is 17.7 Å². The molecule has 114 valence electrons. The summed E-state index contributed by atoms with van der Waals surface area (Å²) in [5.74, 6) is -1.23. The molecule has 0 radical (unpaired) electrons. The van der Waals surface area contributed by atoms with Gasteiger partial charge in [0.05, 0.1) is 11.3 Å². The van der Waals surface area contributed by atoms with Crippen molar-refractivity contribution in [1.82, 2.24) is 14.8 Å². The van der Waals surface area contributed by atoms with Crippen molar-refractivity contribution < 1.29 is 23.1 Å².